The van der Waals surface area contributed by atoms with Gasteiger partial charge in [0.15, 0.2) is 6.10 Å². The van der Waals surface area contributed by atoms with Crippen molar-refractivity contribution in [3.8, 4) is 0 Å². The number of hydrogen-bond acceptors (Lipinski definition) is 6. The van der Waals surface area contributed by atoms with Crippen LogP contribution in [0.2, 0.25) is 0 Å². The monoisotopic (exact) mass is 783 g/mol. The highest BCUT2D eigenvalue weighted by atomic mass is 31.2. The van der Waals surface area contributed by atoms with E-state index in [0.29, 0.717) is 6.42 Å². The Balaban J connectivity index is 3.92. The van der Waals surface area contributed by atoms with Gasteiger partial charge in [0.25, 0.3) is 0 Å². The second-order valence-corrected chi connectivity index (χ2v) is 16.3. The third kappa shape index (κ3) is 43.0. The number of phosphoric ester groups is 1. The van der Waals surface area contributed by atoms with E-state index < -0.39 is 32.5 Å². The maximum Gasteiger partial charge on any atom is 0.469 e. The molecule has 0 spiro atoms. The Labute approximate surface area is 332 Å². The lowest BCUT2D eigenvalue weighted by molar-refractivity contribution is -0.157. The van der Waals surface area contributed by atoms with E-state index >= 15 is 0 Å². The third-order valence-electron chi connectivity index (χ3n) is 9.74. The van der Waals surface area contributed by atoms with Crippen LogP contribution in [0.3, 0.4) is 0 Å². The van der Waals surface area contributed by atoms with Gasteiger partial charge in [-0.15, -0.1) is 0 Å². The van der Waals surface area contributed by atoms with Crippen LogP contribution in [0.4, 0.5) is 0 Å². The fourth-order valence-corrected chi connectivity index (χ4v) is 6.75. The first-order chi connectivity index (χ1) is 26.3. The second-order valence-electron chi connectivity index (χ2n) is 15.1. The number of ether oxygens (including phenoxy) is 2. The molecule has 0 aliphatic rings. The summed E-state index contributed by atoms with van der Waals surface area (Å²) < 4.78 is 26.2. The molecule has 0 amide bonds. The minimum absolute atomic E-state index is 0.248. The standard InChI is InChI=1S/C45H83O8P/c1-3-5-7-9-11-13-15-17-19-20-21-22-23-24-26-27-29-31-33-35-37-39-44(46)51-41-43(42-52-54(48,49)50)53-45(47)40-38-36-34-32-30-28-25-18-16-14-12-10-8-6-4-2/h17,19,34,36,38,40,43H,3-16,18,20-33,35,37,39,41-42H2,1-2H3,(H2,48,49,50)/b19-17+,36-34+,40-38+/t43-/m1/s1. The Kier molecular flexibility index (Phi) is 39.6. The predicted octanol–water partition coefficient (Wildman–Crippen LogP) is 13.7. The molecule has 54 heavy (non-hydrogen) atoms. The van der Waals surface area contributed by atoms with Crippen molar-refractivity contribution in [2.75, 3.05) is 13.2 Å². The summed E-state index contributed by atoms with van der Waals surface area (Å²) in [5.41, 5.74) is 0. The molecule has 0 saturated carbocycles. The Hall–Kier alpha value is -1.73. The molecule has 0 aromatic carbocycles. The normalized spacial score (nSPS) is 12.7. The molecule has 0 aromatic heterocycles. The number of carbonyl (C=O) groups is 2. The van der Waals surface area contributed by atoms with Crippen molar-refractivity contribution < 1.29 is 37.9 Å². The molecule has 9 heteroatoms. The zero-order valence-electron chi connectivity index (χ0n) is 34.9. The van der Waals surface area contributed by atoms with E-state index in [1.807, 2.05) is 6.08 Å². The number of carbonyl (C=O) groups excluding carboxylic acids is 2. The zero-order valence-corrected chi connectivity index (χ0v) is 35.8. The Morgan fingerprint density at radius 1 is 0.519 bits per heavy atom. The molecular formula is C45H83O8P. The highest BCUT2D eigenvalue weighted by Crippen LogP contribution is 2.36. The van der Waals surface area contributed by atoms with Crippen molar-refractivity contribution >= 4 is 19.8 Å². The molecule has 8 nitrogen and oxygen atoms in total. The third-order valence-corrected chi connectivity index (χ3v) is 10.2. The van der Waals surface area contributed by atoms with Gasteiger partial charge in [-0.2, -0.15) is 0 Å². The maximum absolute atomic E-state index is 12.3. The number of hydrogen-bond donors (Lipinski definition) is 2. The van der Waals surface area contributed by atoms with Crippen LogP contribution in [-0.2, 0) is 28.2 Å². The van der Waals surface area contributed by atoms with Gasteiger partial charge in [-0.3, -0.25) is 9.32 Å². The molecule has 0 aliphatic carbocycles. The van der Waals surface area contributed by atoms with E-state index in [9.17, 15) is 14.2 Å². The molecule has 316 valence electrons. The van der Waals surface area contributed by atoms with Gasteiger partial charge in [-0.25, -0.2) is 9.36 Å². The highest BCUT2D eigenvalue weighted by molar-refractivity contribution is 7.46. The summed E-state index contributed by atoms with van der Waals surface area (Å²) >= 11 is 0. The summed E-state index contributed by atoms with van der Waals surface area (Å²) in [7, 11) is -4.78. The number of phosphoric acid groups is 1. The van der Waals surface area contributed by atoms with E-state index in [2.05, 4.69) is 30.5 Å². The lowest BCUT2D eigenvalue weighted by atomic mass is 10.0. The van der Waals surface area contributed by atoms with Crippen LogP contribution < -0.4 is 0 Å². The largest absolute Gasteiger partial charge is 0.469 e. The van der Waals surface area contributed by atoms with Crippen molar-refractivity contribution in [1.82, 2.24) is 0 Å². The molecular weight excluding hydrogens is 699 g/mol. The Bertz CT molecular complexity index is 973. The van der Waals surface area contributed by atoms with Crippen LogP contribution in [0.1, 0.15) is 219 Å². The smallest absolute Gasteiger partial charge is 0.462 e. The van der Waals surface area contributed by atoms with E-state index in [1.54, 1.807) is 12.2 Å². The number of rotatable bonds is 41. The van der Waals surface area contributed by atoms with Gasteiger partial charge in [0.05, 0.1) is 6.61 Å². The summed E-state index contributed by atoms with van der Waals surface area (Å²) in [4.78, 5) is 42.7. The quantitative estimate of drug-likeness (QED) is 0.0157. The van der Waals surface area contributed by atoms with Gasteiger partial charge in [-0.05, 0) is 44.9 Å². The lowest BCUT2D eigenvalue weighted by Gasteiger charge is -2.17. The molecule has 0 rings (SSSR count). The van der Waals surface area contributed by atoms with E-state index in [-0.39, 0.29) is 13.0 Å². The molecule has 0 unspecified atom stereocenters. The molecule has 0 saturated heterocycles. The van der Waals surface area contributed by atoms with Gasteiger partial charge in [-0.1, -0.05) is 198 Å². The average molecular weight is 783 g/mol. The van der Waals surface area contributed by atoms with Gasteiger partial charge >= 0.3 is 19.8 Å². The first kappa shape index (κ1) is 52.3. The summed E-state index contributed by atoms with van der Waals surface area (Å²) in [6.07, 6.45) is 49.3. The van der Waals surface area contributed by atoms with Crippen LogP contribution in [-0.4, -0.2) is 41.0 Å². The van der Waals surface area contributed by atoms with E-state index in [4.69, 9.17) is 19.3 Å². The first-order valence-corrected chi connectivity index (χ1v) is 23.9. The molecule has 0 radical (unpaired) electrons. The predicted molar refractivity (Wildman–Crippen MR) is 225 cm³/mol. The molecule has 0 fully saturated rings. The average Bonchev–Trinajstić information content (AvgIpc) is 3.14. The van der Waals surface area contributed by atoms with Crippen LogP contribution >= 0.6 is 7.82 Å². The fraction of sp³-hybridized carbons (Fsp3) is 0.822. The van der Waals surface area contributed by atoms with Crippen molar-refractivity contribution in [2.24, 2.45) is 0 Å². The number of unbranched alkanes of at least 4 members (excludes halogenated alkanes) is 28. The Morgan fingerprint density at radius 3 is 1.33 bits per heavy atom. The van der Waals surface area contributed by atoms with E-state index in [1.165, 1.54) is 167 Å². The van der Waals surface area contributed by atoms with Crippen molar-refractivity contribution in [3.63, 3.8) is 0 Å². The molecule has 0 aliphatic heterocycles. The molecule has 2 N–H and O–H groups in total. The van der Waals surface area contributed by atoms with Gasteiger partial charge < -0.3 is 19.3 Å². The molecule has 0 bridgehead atoms. The van der Waals surface area contributed by atoms with Crippen molar-refractivity contribution in [1.29, 1.82) is 0 Å². The minimum Gasteiger partial charge on any atom is -0.462 e. The topological polar surface area (TPSA) is 119 Å². The zero-order chi connectivity index (χ0) is 39.6. The van der Waals surface area contributed by atoms with Crippen LogP contribution in [0, 0.1) is 0 Å². The lowest BCUT2D eigenvalue weighted by Crippen LogP contribution is -2.29. The SMILES string of the molecule is CCCCCCCC/C=C/CCCCCCCCCCCCCC(=O)OC[C@H](COP(=O)(O)O)OC(=O)/C=C/C=C/CCCCCCCCCCCCC. The summed E-state index contributed by atoms with van der Waals surface area (Å²) in [5.74, 6) is -1.13. The van der Waals surface area contributed by atoms with Crippen LogP contribution in [0.15, 0.2) is 36.5 Å². The second kappa shape index (κ2) is 40.9. The fourth-order valence-electron chi connectivity index (χ4n) is 6.39. The molecule has 1 atom stereocenters. The van der Waals surface area contributed by atoms with Gasteiger partial charge in [0.1, 0.15) is 6.61 Å². The van der Waals surface area contributed by atoms with Crippen molar-refractivity contribution in [3.05, 3.63) is 36.5 Å². The summed E-state index contributed by atoms with van der Waals surface area (Å²) in [5, 5.41) is 0. The first-order valence-electron chi connectivity index (χ1n) is 22.3. The van der Waals surface area contributed by atoms with Crippen LogP contribution in [0.5, 0.6) is 0 Å². The summed E-state index contributed by atoms with van der Waals surface area (Å²) in [6, 6.07) is 0. The Morgan fingerprint density at radius 2 is 0.907 bits per heavy atom. The van der Waals surface area contributed by atoms with Gasteiger partial charge in [0.2, 0.25) is 0 Å². The van der Waals surface area contributed by atoms with Gasteiger partial charge in [0, 0.05) is 12.5 Å². The molecule has 0 heterocycles. The number of esters is 2. The minimum atomic E-state index is -4.78. The van der Waals surface area contributed by atoms with Crippen LogP contribution in [0.25, 0.3) is 0 Å². The van der Waals surface area contributed by atoms with E-state index in [0.717, 1.165) is 32.1 Å². The number of allylic oxidation sites excluding steroid dienone is 5. The van der Waals surface area contributed by atoms with Crippen molar-refractivity contribution in [2.45, 2.75) is 225 Å². The maximum atomic E-state index is 12.3. The highest BCUT2D eigenvalue weighted by Gasteiger charge is 2.22. The molecule has 0 aromatic rings. The summed E-state index contributed by atoms with van der Waals surface area (Å²) in [6.45, 7) is 3.60.